The van der Waals surface area contributed by atoms with Crippen LogP contribution in [0.2, 0.25) is 0 Å². The third-order valence-corrected chi connectivity index (χ3v) is 8.08. The number of nitrogens with zero attached hydrogens (tertiary/aromatic N) is 3. The van der Waals surface area contributed by atoms with E-state index in [1.165, 1.54) is 24.0 Å². The van der Waals surface area contributed by atoms with Crippen LogP contribution in [0, 0.1) is 5.92 Å². The number of benzene rings is 1. The summed E-state index contributed by atoms with van der Waals surface area (Å²) in [6.07, 6.45) is 6.89. The molecule has 3 aromatic rings. The van der Waals surface area contributed by atoms with Crippen LogP contribution < -0.4 is 10.1 Å². The molecule has 2 aliphatic rings. The molecule has 0 radical (unpaired) electrons. The summed E-state index contributed by atoms with van der Waals surface area (Å²) in [7, 11) is 1.35. The Morgan fingerprint density at radius 1 is 1.22 bits per heavy atom. The predicted molar refractivity (Wildman–Crippen MR) is 144 cm³/mol. The molecule has 196 valence electrons. The third kappa shape index (κ3) is 5.56. The molecular weight excluding hydrogens is 488 g/mol. The fourth-order valence-electron chi connectivity index (χ4n) is 5.21. The molecule has 1 aromatic carbocycles. The van der Waals surface area contributed by atoms with E-state index in [0.717, 1.165) is 53.7 Å². The average Bonchev–Trinajstić information content (AvgIpc) is 3.53. The molecule has 6 bridgehead atoms. The standard InChI is InChI=1S/C28H34N4O4S/c1-17(2)24-26(33)32-15-21(14-23(32)27(34)35-3)36-25-22-13-18(9-10-19(22)11-12-29-25)7-5-4-6-8-20-16-37-28(30-20)31-24/h9-13,16-17,21,23-24H,4-8,14-15H2,1-3H3,(H,30,31)/t21-,23+,24+/m1/s1. The van der Waals surface area contributed by atoms with E-state index in [-0.39, 0.29) is 24.5 Å². The summed E-state index contributed by atoms with van der Waals surface area (Å²) in [5.74, 6) is -0.0628. The number of aromatic nitrogens is 2. The van der Waals surface area contributed by atoms with E-state index in [9.17, 15) is 9.59 Å². The number of hydrogen-bond acceptors (Lipinski definition) is 8. The highest BCUT2D eigenvalue weighted by molar-refractivity contribution is 7.13. The van der Waals surface area contributed by atoms with Crippen molar-refractivity contribution in [2.45, 2.75) is 70.6 Å². The molecule has 0 unspecified atom stereocenters. The van der Waals surface area contributed by atoms with Gasteiger partial charge in [-0.3, -0.25) is 4.79 Å². The normalized spacial score (nSPS) is 22.8. The number of fused-ring (bicyclic) bond motifs is 5. The zero-order valence-electron chi connectivity index (χ0n) is 21.6. The van der Waals surface area contributed by atoms with Crippen molar-refractivity contribution in [1.82, 2.24) is 14.9 Å². The van der Waals surface area contributed by atoms with Gasteiger partial charge >= 0.3 is 5.97 Å². The number of methoxy groups -OCH3 is 1. The smallest absolute Gasteiger partial charge is 0.328 e. The number of thiazole rings is 1. The van der Waals surface area contributed by atoms with Gasteiger partial charge in [-0.15, -0.1) is 11.3 Å². The lowest BCUT2D eigenvalue weighted by molar-refractivity contribution is -0.151. The van der Waals surface area contributed by atoms with Gasteiger partial charge in [-0.1, -0.05) is 32.4 Å². The SMILES string of the molecule is COC(=O)[C@@H]1C[C@@H]2CN1C(=O)[C@H](C(C)C)Nc1nc(cs1)CCCCCc1ccc3ccnc(c3c1)O2. The van der Waals surface area contributed by atoms with Crippen molar-refractivity contribution in [3.63, 3.8) is 0 Å². The van der Waals surface area contributed by atoms with Crippen molar-refractivity contribution in [1.29, 1.82) is 0 Å². The molecule has 8 nitrogen and oxygen atoms in total. The summed E-state index contributed by atoms with van der Waals surface area (Å²) in [4.78, 5) is 37.4. The van der Waals surface area contributed by atoms with Crippen molar-refractivity contribution in [3.05, 3.63) is 47.1 Å². The van der Waals surface area contributed by atoms with Crippen molar-refractivity contribution in [3.8, 4) is 5.88 Å². The van der Waals surface area contributed by atoms with E-state index in [1.54, 1.807) is 11.1 Å². The Balaban J connectivity index is 1.50. The number of ether oxygens (including phenoxy) is 2. The molecule has 0 saturated carbocycles. The number of anilines is 1. The van der Waals surface area contributed by atoms with Crippen LogP contribution in [0.1, 0.15) is 50.8 Å². The van der Waals surface area contributed by atoms with Crippen LogP contribution in [-0.2, 0) is 27.2 Å². The Labute approximate surface area is 221 Å². The highest BCUT2D eigenvalue weighted by Gasteiger charge is 2.44. The molecule has 1 N–H and O–H groups in total. The molecule has 5 rings (SSSR count). The lowest BCUT2D eigenvalue weighted by atomic mass is 10.0. The van der Waals surface area contributed by atoms with Crippen molar-refractivity contribution in [2.24, 2.45) is 5.92 Å². The molecule has 4 heterocycles. The average molecular weight is 523 g/mol. The van der Waals surface area contributed by atoms with E-state index < -0.39 is 18.1 Å². The van der Waals surface area contributed by atoms with Gasteiger partial charge < -0.3 is 19.7 Å². The van der Waals surface area contributed by atoms with E-state index in [0.29, 0.717) is 12.3 Å². The number of pyridine rings is 1. The maximum Gasteiger partial charge on any atom is 0.328 e. The fourth-order valence-corrected chi connectivity index (χ4v) is 5.99. The summed E-state index contributed by atoms with van der Waals surface area (Å²) in [6, 6.07) is 7.18. The fraction of sp³-hybridized carbons (Fsp3) is 0.500. The lowest BCUT2D eigenvalue weighted by Crippen LogP contribution is -2.50. The van der Waals surface area contributed by atoms with E-state index >= 15 is 0 Å². The first-order valence-corrected chi connectivity index (χ1v) is 13.9. The first kappa shape index (κ1) is 25.4. The summed E-state index contributed by atoms with van der Waals surface area (Å²) >= 11 is 1.52. The molecule has 1 fully saturated rings. The van der Waals surface area contributed by atoms with E-state index in [4.69, 9.17) is 14.5 Å². The van der Waals surface area contributed by atoms with Gasteiger partial charge in [0.1, 0.15) is 18.2 Å². The van der Waals surface area contributed by atoms with Gasteiger partial charge in [0.2, 0.25) is 11.8 Å². The Morgan fingerprint density at radius 2 is 2.05 bits per heavy atom. The Bertz CT molecular complexity index is 1280. The van der Waals surface area contributed by atoms with Crippen molar-refractivity contribution in [2.75, 3.05) is 19.0 Å². The summed E-state index contributed by atoms with van der Waals surface area (Å²) in [5.41, 5.74) is 2.29. The number of esters is 1. The molecule has 1 amide bonds. The topological polar surface area (TPSA) is 93.7 Å². The second-order valence-corrected chi connectivity index (χ2v) is 11.1. The molecule has 0 spiro atoms. The molecule has 37 heavy (non-hydrogen) atoms. The second kappa shape index (κ2) is 11.0. The maximum absolute atomic E-state index is 13.8. The predicted octanol–water partition coefficient (Wildman–Crippen LogP) is 4.62. The zero-order chi connectivity index (χ0) is 25.9. The second-order valence-electron chi connectivity index (χ2n) is 10.2. The summed E-state index contributed by atoms with van der Waals surface area (Å²) in [6.45, 7) is 4.27. The molecule has 3 atom stereocenters. The van der Waals surface area contributed by atoms with Gasteiger partial charge in [-0.05, 0) is 54.7 Å². The van der Waals surface area contributed by atoms with E-state index in [1.807, 2.05) is 19.9 Å². The number of carbonyl (C=O) groups excluding carboxylic acids is 2. The molecule has 9 heteroatoms. The van der Waals surface area contributed by atoms with Crippen LogP contribution in [0.3, 0.4) is 0 Å². The number of rotatable bonds is 2. The number of aryl methyl sites for hydroxylation is 2. The first-order valence-electron chi connectivity index (χ1n) is 13.1. The van der Waals surface area contributed by atoms with Gasteiger partial charge in [0.05, 0.1) is 19.3 Å². The Kier molecular flexibility index (Phi) is 7.60. The van der Waals surface area contributed by atoms with E-state index in [2.05, 4.69) is 33.9 Å². The molecule has 2 aromatic heterocycles. The first-order chi connectivity index (χ1) is 17.9. The molecule has 2 aliphatic heterocycles. The number of amides is 1. The molecular formula is C28H34N4O4S. The van der Waals surface area contributed by atoms with Gasteiger partial charge in [0.15, 0.2) is 5.13 Å². The summed E-state index contributed by atoms with van der Waals surface area (Å²) < 4.78 is 11.5. The van der Waals surface area contributed by atoms with Gasteiger partial charge in [-0.2, -0.15) is 0 Å². The van der Waals surface area contributed by atoms with Crippen LogP contribution in [0.5, 0.6) is 5.88 Å². The van der Waals surface area contributed by atoms with Gasteiger partial charge in [0.25, 0.3) is 0 Å². The Morgan fingerprint density at radius 3 is 2.86 bits per heavy atom. The van der Waals surface area contributed by atoms with Crippen molar-refractivity contribution < 1.29 is 19.1 Å². The van der Waals surface area contributed by atoms with Crippen LogP contribution in [0.15, 0.2) is 35.8 Å². The van der Waals surface area contributed by atoms with Gasteiger partial charge in [0, 0.05) is 23.4 Å². The highest BCUT2D eigenvalue weighted by Crippen LogP contribution is 2.31. The van der Waals surface area contributed by atoms with Crippen LogP contribution in [0.25, 0.3) is 10.8 Å². The minimum absolute atomic E-state index is 0.00891. The summed E-state index contributed by atoms with van der Waals surface area (Å²) in [5, 5.41) is 8.16. The molecule has 1 saturated heterocycles. The number of nitrogens with one attached hydrogen (secondary N) is 1. The van der Waals surface area contributed by atoms with Crippen molar-refractivity contribution >= 4 is 39.1 Å². The zero-order valence-corrected chi connectivity index (χ0v) is 22.4. The third-order valence-electron chi connectivity index (χ3n) is 7.25. The Hall–Kier alpha value is -3.20. The minimum Gasteiger partial charge on any atom is -0.472 e. The van der Waals surface area contributed by atoms with Crippen LogP contribution in [0.4, 0.5) is 5.13 Å². The monoisotopic (exact) mass is 522 g/mol. The quantitative estimate of drug-likeness (QED) is 0.491. The highest BCUT2D eigenvalue weighted by atomic mass is 32.1. The number of hydrogen-bond donors (Lipinski definition) is 1. The number of carbonyl (C=O) groups is 2. The van der Waals surface area contributed by atoms with Crippen LogP contribution in [-0.4, -0.2) is 58.6 Å². The largest absolute Gasteiger partial charge is 0.472 e. The van der Waals surface area contributed by atoms with Crippen LogP contribution >= 0.6 is 11.3 Å². The molecule has 0 aliphatic carbocycles. The minimum atomic E-state index is -0.714. The van der Waals surface area contributed by atoms with Gasteiger partial charge in [-0.25, -0.2) is 14.8 Å². The maximum atomic E-state index is 13.8. The lowest BCUT2D eigenvalue weighted by Gasteiger charge is -2.29.